The zero-order valence-electron chi connectivity index (χ0n) is 11.1. The van der Waals surface area contributed by atoms with Crippen LogP contribution < -0.4 is 0 Å². The smallest absolute Gasteiger partial charge is 0.166 e. The van der Waals surface area contributed by atoms with Crippen LogP contribution in [0.25, 0.3) is 0 Å². The molecule has 2 rings (SSSR count). The zero-order chi connectivity index (χ0) is 14.9. The molecule has 1 aromatic rings. The lowest BCUT2D eigenvalue weighted by atomic mass is 9.83. The van der Waals surface area contributed by atoms with Gasteiger partial charge >= 0.3 is 0 Å². The second kappa shape index (κ2) is 5.60. The lowest BCUT2D eigenvalue weighted by molar-refractivity contribution is 0.0890. The van der Waals surface area contributed by atoms with Crippen molar-refractivity contribution in [3.63, 3.8) is 0 Å². The third kappa shape index (κ3) is 3.42. The van der Waals surface area contributed by atoms with E-state index in [4.69, 9.17) is 0 Å². The molecule has 0 heterocycles. The van der Waals surface area contributed by atoms with Crippen molar-refractivity contribution < 1.29 is 22.0 Å². The molecule has 0 radical (unpaired) electrons. The number of benzene rings is 1. The predicted octanol–water partition coefficient (Wildman–Crippen LogP) is 2.75. The van der Waals surface area contributed by atoms with Gasteiger partial charge in [-0.15, -0.1) is 0 Å². The molecule has 2 unspecified atom stereocenters. The average molecular weight is 302 g/mol. The van der Waals surface area contributed by atoms with E-state index in [1.807, 2.05) is 0 Å². The van der Waals surface area contributed by atoms with Gasteiger partial charge < -0.3 is 0 Å². The fraction of sp³-hybridized carbons (Fsp3) is 0.500. The Morgan fingerprint density at radius 2 is 1.75 bits per heavy atom. The van der Waals surface area contributed by atoms with Crippen LogP contribution in [0.4, 0.5) is 8.78 Å². The molecule has 0 saturated heterocycles. The van der Waals surface area contributed by atoms with Gasteiger partial charge in [-0.25, -0.2) is 17.2 Å². The van der Waals surface area contributed by atoms with Crippen molar-refractivity contribution in [3.8, 4) is 0 Å². The highest BCUT2D eigenvalue weighted by atomic mass is 32.2. The summed E-state index contributed by atoms with van der Waals surface area (Å²) >= 11 is 0. The monoisotopic (exact) mass is 302 g/mol. The van der Waals surface area contributed by atoms with Gasteiger partial charge in [-0.05, 0) is 31.4 Å². The summed E-state index contributed by atoms with van der Waals surface area (Å²) in [5.41, 5.74) is -0.0262. The fourth-order valence-electron chi connectivity index (χ4n) is 2.70. The number of hydrogen-bond donors (Lipinski definition) is 0. The van der Waals surface area contributed by atoms with Gasteiger partial charge in [-0.3, -0.25) is 4.79 Å². The minimum absolute atomic E-state index is 0.0262. The molecule has 1 aromatic carbocycles. The normalized spacial score (nSPS) is 23.6. The van der Waals surface area contributed by atoms with Crippen LogP contribution in [-0.4, -0.2) is 25.7 Å². The van der Waals surface area contributed by atoms with Gasteiger partial charge in [0, 0.05) is 23.8 Å². The molecular formula is C14H16F2O3S. The van der Waals surface area contributed by atoms with Gasteiger partial charge in [0.2, 0.25) is 0 Å². The SMILES string of the molecule is CS(=O)(=O)C1CCCC(C(=O)c2cc(F)cc(F)c2)C1. The van der Waals surface area contributed by atoms with Gasteiger partial charge in [0.15, 0.2) is 5.78 Å². The van der Waals surface area contributed by atoms with Gasteiger partial charge in [-0.2, -0.15) is 0 Å². The zero-order valence-corrected chi connectivity index (χ0v) is 11.9. The Labute approximate surface area is 116 Å². The van der Waals surface area contributed by atoms with Crippen molar-refractivity contribution in [1.82, 2.24) is 0 Å². The molecule has 0 bridgehead atoms. The van der Waals surface area contributed by atoms with Crippen LogP contribution >= 0.6 is 0 Å². The Hall–Kier alpha value is -1.30. The van der Waals surface area contributed by atoms with Crippen molar-refractivity contribution in [2.45, 2.75) is 30.9 Å². The lowest BCUT2D eigenvalue weighted by Crippen LogP contribution is -2.31. The van der Waals surface area contributed by atoms with Crippen LogP contribution in [-0.2, 0) is 9.84 Å². The van der Waals surface area contributed by atoms with E-state index in [2.05, 4.69) is 0 Å². The summed E-state index contributed by atoms with van der Waals surface area (Å²) in [5, 5.41) is -0.538. The summed E-state index contributed by atoms with van der Waals surface area (Å²) in [6, 6.07) is 2.70. The summed E-state index contributed by atoms with van der Waals surface area (Å²) in [4.78, 5) is 12.2. The predicted molar refractivity (Wildman–Crippen MR) is 71.3 cm³/mol. The van der Waals surface area contributed by atoms with Crippen LogP contribution in [0.3, 0.4) is 0 Å². The Bertz CT molecular complexity index is 605. The number of ketones is 1. The minimum Gasteiger partial charge on any atom is -0.294 e. The molecule has 0 spiro atoms. The first-order valence-electron chi connectivity index (χ1n) is 6.46. The van der Waals surface area contributed by atoms with Crippen LogP contribution in [0.1, 0.15) is 36.0 Å². The molecule has 0 aromatic heterocycles. The molecule has 1 saturated carbocycles. The summed E-state index contributed by atoms with van der Waals surface area (Å²) < 4.78 is 49.4. The number of Topliss-reactive ketones (excluding diaryl/α,β-unsaturated/α-hetero) is 1. The molecule has 0 aliphatic heterocycles. The summed E-state index contributed by atoms with van der Waals surface area (Å²) in [7, 11) is -3.19. The molecule has 20 heavy (non-hydrogen) atoms. The van der Waals surface area contributed by atoms with E-state index >= 15 is 0 Å². The van der Waals surface area contributed by atoms with E-state index in [0.717, 1.165) is 18.4 Å². The standard InChI is InChI=1S/C14H16F2O3S/c1-20(18,19)13-4-2-3-9(7-13)14(17)10-5-11(15)8-12(16)6-10/h5-6,8-9,13H,2-4,7H2,1H3. The Morgan fingerprint density at radius 1 is 1.15 bits per heavy atom. The maximum atomic E-state index is 13.1. The number of hydrogen-bond acceptors (Lipinski definition) is 3. The van der Waals surface area contributed by atoms with E-state index < -0.39 is 32.6 Å². The number of rotatable bonds is 3. The molecule has 0 N–H and O–H groups in total. The number of carbonyl (C=O) groups is 1. The fourth-order valence-corrected chi connectivity index (χ4v) is 3.88. The number of halogens is 2. The largest absolute Gasteiger partial charge is 0.294 e. The van der Waals surface area contributed by atoms with Gasteiger partial charge in [0.1, 0.15) is 21.5 Å². The van der Waals surface area contributed by atoms with E-state index in [1.165, 1.54) is 0 Å². The second-order valence-corrected chi connectivity index (χ2v) is 7.66. The van der Waals surface area contributed by atoms with Crippen LogP contribution in [0.15, 0.2) is 18.2 Å². The van der Waals surface area contributed by atoms with E-state index in [-0.39, 0.29) is 17.8 Å². The van der Waals surface area contributed by atoms with Crippen molar-refractivity contribution in [2.24, 2.45) is 5.92 Å². The van der Waals surface area contributed by atoms with E-state index in [1.54, 1.807) is 0 Å². The van der Waals surface area contributed by atoms with Crippen molar-refractivity contribution in [3.05, 3.63) is 35.4 Å². The number of sulfone groups is 1. The summed E-state index contributed by atoms with van der Waals surface area (Å²) in [5.74, 6) is -2.46. The lowest BCUT2D eigenvalue weighted by Gasteiger charge is -2.27. The van der Waals surface area contributed by atoms with E-state index in [9.17, 15) is 22.0 Å². The highest BCUT2D eigenvalue weighted by molar-refractivity contribution is 7.91. The average Bonchev–Trinajstić information content (AvgIpc) is 2.36. The highest BCUT2D eigenvalue weighted by Gasteiger charge is 2.33. The van der Waals surface area contributed by atoms with Crippen LogP contribution in [0.2, 0.25) is 0 Å². The van der Waals surface area contributed by atoms with Crippen LogP contribution in [0.5, 0.6) is 0 Å². The first-order valence-corrected chi connectivity index (χ1v) is 8.42. The molecule has 1 fully saturated rings. The third-order valence-corrected chi connectivity index (χ3v) is 5.39. The second-order valence-electron chi connectivity index (χ2n) is 5.34. The van der Waals surface area contributed by atoms with Crippen molar-refractivity contribution in [2.75, 3.05) is 6.26 Å². The molecule has 110 valence electrons. The molecule has 6 heteroatoms. The molecule has 0 amide bonds. The first kappa shape index (κ1) is 15.1. The third-order valence-electron chi connectivity index (χ3n) is 3.75. The molecule has 1 aliphatic carbocycles. The Balaban J connectivity index is 2.20. The van der Waals surface area contributed by atoms with Gasteiger partial charge in [0.25, 0.3) is 0 Å². The number of carbonyl (C=O) groups excluding carboxylic acids is 1. The van der Waals surface area contributed by atoms with Crippen LogP contribution in [0, 0.1) is 17.6 Å². The van der Waals surface area contributed by atoms with Gasteiger partial charge in [-0.1, -0.05) is 6.42 Å². The minimum atomic E-state index is -3.19. The highest BCUT2D eigenvalue weighted by Crippen LogP contribution is 2.31. The Kier molecular flexibility index (Phi) is 4.22. The molecule has 1 aliphatic rings. The maximum absolute atomic E-state index is 13.1. The maximum Gasteiger partial charge on any atom is 0.166 e. The quantitative estimate of drug-likeness (QED) is 0.807. The summed E-state index contributed by atoms with van der Waals surface area (Å²) in [6.07, 6.45) is 3.12. The molecule has 2 atom stereocenters. The van der Waals surface area contributed by atoms with E-state index in [0.29, 0.717) is 25.3 Å². The summed E-state index contributed by atoms with van der Waals surface area (Å²) in [6.45, 7) is 0. The van der Waals surface area contributed by atoms with Crippen molar-refractivity contribution in [1.29, 1.82) is 0 Å². The first-order chi connectivity index (χ1) is 9.27. The van der Waals surface area contributed by atoms with Crippen molar-refractivity contribution >= 4 is 15.6 Å². The Morgan fingerprint density at radius 3 is 2.30 bits per heavy atom. The van der Waals surface area contributed by atoms with Gasteiger partial charge in [0.05, 0.1) is 5.25 Å². The molecule has 3 nitrogen and oxygen atoms in total. The molecular weight excluding hydrogens is 286 g/mol. The topological polar surface area (TPSA) is 51.2 Å².